The monoisotopic (exact) mass is 177 g/mol. The molecule has 0 atom stereocenters. The van der Waals surface area contributed by atoms with Crippen molar-refractivity contribution in [2.24, 2.45) is 0 Å². The molecule has 0 fully saturated rings. The van der Waals surface area contributed by atoms with E-state index in [1.807, 2.05) is 0 Å². The van der Waals surface area contributed by atoms with Crippen molar-refractivity contribution in [1.29, 1.82) is 0 Å². The molecule has 0 spiro atoms. The summed E-state index contributed by atoms with van der Waals surface area (Å²) in [6.45, 7) is 0. The first-order valence-electron chi connectivity index (χ1n) is 3.23. The van der Waals surface area contributed by atoms with Gasteiger partial charge >= 0.3 is 6.18 Å². The molecule has 0 saturated heterocycles. The molecule has 1 rings (SSSR count). The van der Waals surface area contributed by atoms with Crippen LogP contribution in [0.15, 0.2) is 24.4 Å². The van der Waals surface area contributed by atoms with Crippen molar-refractivity contribution in [1.82, 2.24) is 0 Å². The van der Waals surface area contributed by atoms with Crippen molar-refractivity contribution < 1.29 is 17.9 Å². The highest BCUT2D eigenvalue weighted by Crippen LogP contribution is 2.18. The minimum atomic E-state index is -4.33. The fourth-order valence-electron chi connectivity index (χ4n) is 0.806. The Morgan fingerprint density at radius 3 is 2.50 bits per heavy atom. The van der Waals surface area contributed by atoms with E-state index in [4.69, 9.17) is 0 Å². The lowest BCUT2D eigenvalue weighted by Crippen LogP contribution is -2.33. The van der Waals surface area contributed by atoms with Crippen molar-refractivity contribution in [2.45, 2.75) is 12.6 Å². The second kappa shape index (κ2) is 3.00. The molecule has 2 nitrogen and oxygen atoms in total. The quantitative estimate of drug-likeness (QED) is 0.470. The van der Waals surface area contributed by atoms with Crippen molar-refractivity contribution in [3.05, 3.63) is 35.3 Å². The maximum absolute atomic E-state index is 11.8. The lowest BCUT2D eigenvalue weighted by molar-refractivity contribution is -0.615. The predicted octanol–water partition coefficient (Wildman–Crippen LogP) is 1.42. The minimum absolute atomic E-state index is 0.216. The topological polar surface area (TPSA) is 26.9 Å². The van der Waals surface area contributed by atoms with E-state index < -0.39 is 12.6 Å². The second-order valence-corrected chi connectivity index (χ2v) is 2.31. The summed E-state index contributed by atoms with van der Waals surface area (Å²) in [5.41, 5.74) is -0.287. The zero-order chi connectivity index (χ0) is 9.19. The highest BCUT2D eigenvalue weighted by Gasteiger charge is 2.31. The predicted molar refractivity (Wildman–Crippen MR) is 35.2 cm³/mol. The first kappa shape index (κ1) is 8.83. The zero-order valence-corrected chi connectivity index (χ0v) is 6.01. The molecule has 0 radical (unpaired) electrons. The molecular weight excluding hydrogens is 171 g/mol. The Labute approximate surface area is 66.8 Å². The summed E-state index contributed by atoms with van der Waals surface area (Å²) in [7, 11) is 0. The largest absolute Gasteiger partial charge is 0.618 e. The van der Waals surface area contributed by atoms with Crippen LogP contribution in [0.1, 0.15) is 5.69 Å². The number of hydrogen-bond acceptors (Lipinski definition) is 1. The molecule has 1 aromatic heterocycles. The fourth-order valence-corrected chi connectivity index (χ4v) is 0.806. The normalized spacial score (nSPS) is 11.6. The fraction of sp³-hybridized carbons (Fsp3) is 0.286. The zero-order valence-electron chi connectivity index (χ0n) is 6.01. The summed E-state index contributed by atoms with van der Waals surface area (Å²) in [6, 6.07) is 3.93. The third-order valence-electron chi connectivity index (χ3n) is 1.29. The number of hydrogen-bond donors (Lipinski definition) is 0. The van der Waals surface area contributed by atoms with Crippen LogP contribution in [-0.4, -0.2) is 6.18 Å². The van der Waals surface area contributed by atoms with Gasteiger partial charge in [-0.3, -0.25) is 0 Å². The van der Waals surface area contributed by atoms with Gasteiger partial charge in [-0.05, 0) is 0 Å². The Kier molecular flexibility index (Phi) is 2.21. The Morgan fingerprint density at radius 1 is 1.33 bits per heavy atom. The standard InChI is InChI=1S/C7H6F3NO/c8-7(9,10)5-6-3-1-2-4-11(6)12/h1-4H,5H2. The van der Waals surface area contributed by atoms with E-state index in [1.165, 1.54) is 12.1 Å². The van der Waals surface area contributed by atoms with E-state index in [1.54, 1.807) is 0 Å². The van der Waals surface area contributed by atoms with Crippen molar-refractivity contribution >= 4 is 0 Å². The van der Waals surface area contributed by atoms with Crippen LogP contribution in [0.2, 0.25) is 0 Å². The Morgan fingerprint density at radius 2 is 2.00 bits per heavy atom. The minimum Gasteiger partial charge on any atom is -0.618 e. The van der Waals surface area contributed by atoms with Crippen LogP contribution in [-0.2, 0) is 6.42 Å². The van der Waals surface area contributed by atoms with Gasteiger partial charge < -0.3 is 5.21 Å². The van der Waals surface area contributed by atoms with Crippen LogP contribution in [0.25, 0.3) is 0 Å². The molecule has 0 unspecified atom stereocenters. The highest BCUT2D eigenvalue weighted by molar-refractivity contribution is 4.98. The average Bonchev–Trinajstić information content (AvgIpc) is 1.91. The van der Waals surface area contributed by atoms with Crippen LogP contribution in [0.5, 0.6) is 0 Å². The molecule has 5 heteroatoms. The molecular formula is C7H6F3NO. The second-order valence-electron chi connectivity index (χ2n) is 2.31. The Bertz CT molecular complexity index is 272. The lowest BCUT2D eigenvalue weighted by atomic mass is 10.3. The average molecular weight is 177 g/mol. The highest BCUT2D eigenvalue weighted by atomic mass is 19.4. The van der Waals surface area contributed by atoms with Gasteiger partial charge in [-0.25, -0.2) is 0 Å². The summed E-state index contributed by atoms with van der Waals surface area (Å²) < 4.78 is 35.5. The van der Waals surface area contributed by atoms with Crippen LogP contribution in [0, 0.1) is 5.21 Å². The van der Waals surface area contributed by atoms with Crippen LogP contribution < -0.4 is 4.73 Å². The lowest BCUT2D eigenvalue weighted by Gasteiger charge is -2.05. The van der Waals surface area contributed by atoms with Gasteiger partial charge in [-0.2, -0.15) is 17.9 Å². The van der Waals surface area contributed by atoms with Gasteiger partial charge in [0, 0.05) is 12.1 Å². The number of pyridine rings is 1. The number of halogens is 3. The number of alkyl halides is 3. The van der Waals surface area contributed by atoms with E-state index in [-0.39, 0.29) is 10.4 Å². The summed E-state index contributed by atoms with van der Waals surface area (Å²) in [4.78, 5) is 0. The molecule has 1 heterocycles. The van der Waals surface area contributed by atoms with E-state index in [2.05, 4.69) is 0 Å². The molecule has 0 amide bonds. The molecule has 1 aromatic rings. The summed E-state index contributed by atoms with van der Waals surface area (Å²) in [5, 5.41) is 10.7. The molecule has 66 valence electrons. The van der Waals surface area contributed by atoms with Crippen LogP contribution in [0.3, 0.4) is 0 Å². The molecule has 0 N–H and O–H groups in total. The molecule has 12 heavy (non-hydrogen) atoms. The summed E-state index contributed by atoms with van der Waals surface area (Å²) in [6.07, 6.45) is -4.47. The van der Waals surface area contributed by atoms with Crippen LogP contribution >= 0.6 is 0 Å². The van der Waals surface area contributed by atoms with E-state index in [0.717, 1.165) is 12.3 Å². The van der Waals surface area contributed by atoms with Gasteiger partial charge in [0.2, 0.25) is 5.69 Å². The molecule has 0 saturated carbocycles. The Hall–Kier alpha value is -1.26. The smallest absolute Gasteiger partial charge is 0.398 e. The maximum atomic E-state index is 11.8. The molecule has 0 aliphatic heterocycles. The molecule has 0 aliphatic rings. The Balaban J connectivity index is 2.83. The molecule has 0 aromatic carbocycles. The first-order valence-corrected chi connectivity index (χ1v) is 3.23. The van der Waals surface area contributed by atoms with Gasteiger partial charge in [0.1, 0.15) is 6.42 Å². The SMILES string of the molecule is [O-][n+]1ccccc1CC(F)(F)F. The first-order chi connectivity index (χ1) is 5.49. The van der Waals surface area contributed by atoms with Crippen molar-refractivity contribution in [2.75, 3.05) is 0 Å². The van der Waals surface area contributed by atoms with E-state index >= 15 is 0 Å². The van der Waals surface area contributed by atoms with Gasteiger partial charge in [-0.15, -0.1) is 0 Å². The van der Waals surface area contributed by atoms with E-state index in [0.29, 0.717) is 0 Å². The number of aromatic nitrogens is 1. The van der Waals surface area contributed by atoms with Gasteiger partial charge in [0.25, 0.3) is 0 Å². The number of rotatable bonds is 1. The van der Waals surface area contributed by atoms with Gasteiger partial charge in [-0.1, -0.05) is 6.07 Å². The van der Waals surface area contributed by atoms with Crippen molar-refractivity contribution in [3.8, 4) is 0 Å². The molecule has 0 bridgehead atoms. The number of nitrogens with zero attached hydrogens (tertiary/aromatic N) is 1. The van der Waals surface area contributed by atoms with Crippen LogP contribution in [0.4, 0.5) is 13.2 Å². The summed E-state index contributed by atoms with van der Waals surface area (Å²) in [5.74, 6) is 0. The molecule has 0 aliphatic carbocycles. The van der Waals surface area contributed by atoms with E-state index in [9.17, 15) is 18.4 Å². The maximum Gasteiger partial charge on any atom is 0.398 e. The van der Waals surface area contributed by atoms with Crippen molar-refractivity contribution in [3.63, 3.8) is 0 Å². The summed E-state index contributed by atoms with van der Waals surface area (Å²) >= 11 is 0. The van der Waals surface area contributed by atoms with Gasteiger partial charge in [0.05, 0.1) is 0 Å². The van der Waals surface area contributed by atoms with Gasteiger partial charge in [0.15, 0.2) is 6.20 Å². The third kappa shape index (κ3) is 2.41. The third-order valence-corrected chi connectivity index (χ3v) is 1.29.